The fraction of sp³-hybridized carbons (Fsp3) is 0.333. The van der Waals surface area contributed by atoms with Crippen LogP contribution in [0.25, 0.3) is 0 Å². The van der Waals surface area contributed by atoms with Crippen molar-refractivity contribution in [1.29, 1.82) is 0 Å². The number of nitrogens with zero attached hydrogens (tertiary/aromatic N) is 1. The van der Waals surface area contributed by atoms with Crippen molar-refractivity contribution in [3.05, 3.63) is 93.8 Å². The lowest BCUT2D eigenvalue weighted by atomic mass is 10.1. The Hall–Kier alpha value is -3.08. The summed E-state index contributed by atoms with van der Waals surface area (Å²) in [5, 5.41) is 2.96. The molecule has 4 rings (SSSR count). The molecule has 1 saturated carbocycles. The first kappa shape index (κ1) is 19.2. The number of carbonyl (C=O) groups excluding carboxylic acids is 1. The van der Waals surface area contributed by atoms with Gasteiger partial charge in [-0.25, -0.2) is 0 Å². The number of aromatic nitrogens is 1. The third-order valence-corrected chi connectivity index (χ3v) is 5.52. The smallest absolute Gasteiger partial charge is 0.250 e. The summed E-state index contributed by atoms with van der Waals surface area (Å²) in [6, 6.07) is 17.1. The average molecular weight is 390 g/mol. The Morgan fingerprint density at radius 1 is 1.10 bits per heavy atom. The highest BCUT2D eigenvalue weighted by Gasteiger charge is 2.36. The van der Waals surface area contributed by atoms with Crippen LogP contribution in [0.2, 0.25) is 0 Å². The van der Waals surface area contributed by atoms with Crippen LogP contribution >= 0.6 is 0 Å². The lowest BCUT2D eigenvalue weighted by molar-refractivity contribution is -0.121. The van der Waals surface area contributed by atoms with E-state index in [0.29, 0.717) is 31.8 Å². The van der Waals surface area contributed by atoms with Crippen LogP contribution < -0.4 is 10.9 Å². The fourth-order valence-electron chi connectivity index (χ4n) is 3.52. The molecule has 2 aromatic heterocycles. The van der Waals surface area contributed by atoms with Crippen LogP contribution in [0.5, 0.6) is 0 Å². The lowest BCUT2D eigenvalue weighted by Gasteiger charge is -2.08. The summed E-state index contributed by atoms with van der Waals surface area (Å²) in [5.74, 6) is 3.25. The monoisotopic (exact) mass is 390 g/mol. The first-order chi connectivity index (χ1) is 14.1. The molecular weight excluding hydrogens is 364 g/mol. The summed E-state index contributed by atoms with van der Waals surface area (Å²) < 4.78 is 7.52. The van der Waals surface area contributed by atoms with Gasteiger partial charge in [0.2, 0.25) is 5.91 Å². The second-order valence-corrected chi connectivity index (χ2v) is 7.88. The van der Waals surface area contributed by atoms with E-state index in [2.05, 4.69) is 12.2 Å². The molecule has 0 radical (unpaired) electrons. The van der Waals surface area contributed by atoms with Gasteiger partial charge in [0.15, 0.2) is 0 Å². The van der Waals surface area contributed by atoms with Crippen molar-refractivity contribution in [1.82, 2.24) is 9.88 Å². The van der Waals surface area contributed by atoms with Crippen LogP contribution in [0.3, 0.4) is 0 Å². The number of hydrogen-bond donors (Lipinski definition) is 1. The van der Waals surface area contributed by atoms with E-state index in [1.54, 1.807) is 22.9 Å². The summed E-state index contributed by atoms with van der Waals surface area (Å²) in [6.45, 7) is 3.26. The van der Waals surface area contributed by atoms with Crippen LogP contribution in [0, 0.1) is 5.92 Å². The van der Waals surface area contributed by atoms with E-state index in [1.165, 1.54) is 6.42 Å². The van der Waals surface area contributed by atoms with Gasteiger partial charge in [-0.2, -0.15) is 0 Å². The Labute approximate surface area is 170 Å². The number of nitrogens with one attached hydrogen (secondary N) is 1. The highest BCUT2D eigenvalue weighted by atomic mass is 16.3. The first-order valence-electron chi connectivity index (χ1n) is 10.2. The normalized spacial score (nSPS) is 17.8. The van der Waals surface area contributed by atoms with E-state index in [1.807, 2.05) is 42.5 Å². The highest BCUT2D eigenvalue weighted by Crippen LogP contribution is 2.47. The molecule has 2 atom stereocenters. The lowest BCUT2D eigenvalue weighted by Crippen LogP contribution is -2.23. The van der Waals surface area contributed by atoms with E-state index < -0.39 is 0 Å². The Kier molecular flexibility index (Phi) is 5.65. The molecule has 2 unspecified atom stereocenters. The van der Waals surface area contributed by atoms with Crippen molar-refractivity contribution >= 4 is 5.91 Å². The number of furan rings is 1. The van der Waals surface area contributed by atoms with Crippen LogP contribution in [0.4, 0.5) is 0 Å². The molecule has 5 heteroatoms. The molecule has 1 N–H and O–H groups in total. The van der Waals surface area contributed by atoms with Crippen molar-refractivity contribution in [3.63, 3.8) is 0 Å². The zero-order valence-electron chi connectivity index (χ0n) is 16.6. The molecule has 0 bridgehead atoms. The quantitative estimate of drug-likeness (QED) is 0.635. The average Bonchev–Trinajstić information content (AvgIpc) is 3.27. The predicted molar refractivity (Wildman–Crippen MR) is 112 cm³/mol. The number of benzene rings is 1. The Balaban J connectivity index is 1.22. The highest BCUT2D eigenvalue weighted by molar-refractivity contribution is 5.76. The maximum atomic E-state index is 12.1. The third-order valence-electron chi connectivity index (χ3n) is 5.52. The topological polar surface area (TPSA) is 64.2 Å². The maximum absolute atomic E-state index is 12.1. The van der Waals surface area contributed by atoms with Gasteiger partial charge in [-0.3, -0.25) is 9.59 Å². The van der Waals surface area contributed by atoms with Crippen molar-refractivity contribution in [2.75, 3.05) is 0 Å². The van der Waals surface area contributed by atoms with Gasteiger partial charge in [-0.05, 0) is 41.7 Å². The molecule has 2 heterocycles. The maximum Gasteiger partial charge on any atom is 0.250 e. The molecule has 1 aromatic carbocycles. The standard InChI is InChI=1S/C24H26N2O3/c1-17-14-21(17)22-11-9-20(29-22)10-12-23(27)25-15-18-5-7-19(8-6-18)16-26-13-3-2-4-24(26)28/h2-9,11,13,17,21H,10,12,14-16H2,1H3,(H,25,27). The Morgan fingerprint density at radius 2 is 1.86 bits per heavy atom. The molecule has 5 nitrogen and oxygen atoms in total. The SMILES string of the molecule is CC1CC1c1ccc(CCC(=O)NCc2ccc(Cn3ccccc3=O)cc2)o1. The summed E-state index contributed by atoms with van der Waals surface area (Å²) in [6.07, 6.45) is 4.03. The molecule has 150 valence electrons. The second kappa shape index (κ2) is 8.52. The number of hydrogen-bond acceptors (Lipinski definition) is 3. The minimum atomic E-state index is -0.0147. The van der Waals surface area contributed by atoms with Gasteiger partial charge >= 0.3 is 0 Å². The molecule has 1 aliphatic rings. The van der Waals surface area contributed by atoms with E-state index in [4.69, 9.17) is 4.42 Å². The largest absolute Gasteiger partial charge is 0.466 e. The van der Waals surface area contributed by atoms with Crippen LogP contribution in [0.15, 0.2) is 70.0 Å². The van der Waals surface area contributed by atoms with Crippen molar-refractivity contribution < 1.29 is 9.21 Å². The van der Waals surface area contributed by atoms with Crippen LogP contribution in [-0.2, 0) is 24.3 Å². The summed E-state index contributed by atoms with van der Waals surface area (Å²) >= 11 is 0. The molecular formula is C24H26N2O3. The van der Waals surface area contributed by atoms with Crippen LogP contribution in [0.1, 0.15) is 48.3 Å². The van der Waals surface area contributed by atoms with E-state index in [-0.39, 0.29) is 11.5 Å². The Morgan fingerprint density at radius 3 is 2.59 bits per heavy atom. The van der Waals surface area contributed by atoms with Crippen molar-refractivity contribution in [3.8, 4) is 0 Å². The van der Waals surface area contributed by atoms with Crippen molar-refractivity contribution in [2.45, 2.75) is 45.2 Å². The summed E-state index contributed by atoms with van der Waals surface area (Å²) in [4.78, 5) is 23.9. The van der Waals surface area contributed by atoms with Crippen molar-refractivity contribution in [2.24, 2.45) is 5.92 Å². The predicted octanol–water partition coefficient (Wildman–Crippen LogP) is 3.86. The molecule has 0 spiro atoms. The van der Waals surface area contributed by atoms with E-state index >= 15 is 0 Å². The minimum absolute atomic E-state index is 0.0147. The molecule has 1 aliphatic carbocycles. The second-order valence-electron chi connectivity index (χ2n) is 7.88. The van der Waals surface area contributed by atoms with Gasteiger partial charge in [0.25, 0.3) is 5.56 Å². The van der Waals surface area contributed by atoms with Gasteiger partial charge in [-0.15, -0.1) is 0 Å². The molecule has 29 heavy (non-hydrogen) atoms. The zero-order valence-corrected chi connectivity index (χ0v) is 16.6. The fourth-order valence-corrected chi connectivity index (χ4v) is 3.52. The molecule has 3 aromatic rings. The number of rotatable bonds is 8. The molecule has 1 fully saturated rings. The number of aryl methyl sites for hydroxylation is 1. The molecule has 0 saturated heterocycles. The summed E-state index contributed by atoms with van der Waals surface area (Å²) in [5.41, 5.74) is 2.07. The van der Waals surface area contributed by atoms with Gasteiger partial charge < -0.3 is 14.3 Å². The number of amides is 1. The zero-order chi connectivity index (χ0) is 20.2. The van der Waals surface area contributed by atoms with Gasteiger partial charge in [0.1, 0.15) is 11.5 Å². The van der Waals surface area contributed by atoms with Gasteiger partial charge in [0.05, 0.1) is 6.54 Å². The number of carbonyl (C=O) groups is 1. The minimum Gasteiger partial charge on any atom is -0.466 e. The first-order valence-corrected chi connectivity index (χ1v) is 10.2. The van der Waals surface area contributed by atoms with E-state index in [9.17, 15) is 9.59 Å². The third kappa shape index (κ3) is 5.05. The van der Waals surface area contributed by atoms with Gasteiger partial charge in [0, 0.05) is 37.6 Å². The van der Waals surface area contributed by atoms with Crippen LogP contribution in [-0.4, -0.2) is 10.5 Å². The summed E-state index contributed by atoms with van der Waals surface area (Å²) in [7, 11) is 0. The van der Waals surface area contributed by atoms with E-state index in [0.717, 1.165) is 28.6 Å². The number of pyridine rings is 1. The molecule has 0 aliphatic heterocycles. The Bertz CT molecular complexity index is 1030. The molecule has 1 amide bonds. The van der Waals surface area contributed by atoms with Gasteiger partial charge in [-0.1, -0.05) is 37.3 Å².